The molecule has 2 amide bonds. The predicted molar refractivity (Wildman–Crippen MR) is 111 cm³/mol. The van der Waals surface area contributed by atoms with E-state index in [1.54, 1.807) is 38.1 Å². The maximum Gasteiger partial charge on any atom is 0.280 e. The summed E-state index contributed by atoms with van der Waals surface area (Å²) in [7, 11) is 1.41. The van der Waals surface area contributed by atoms with Crippen LogP contribution in [0.2, 0.25) is 0 Å². The molecule has 0 unspecified atom stereocenters. The third-order valence-electron chi connectivity index (χ3n) is 4.27. The lowest BCUT2D eigenvalue weighted by atomic mass is 10.0. The second-order valence-electron chi connectivity index (χ2n) is 6.71. The van der Waals surface area contributed by atoms with Crippen LogP contribution in [0.1, 0.15) is 31.1 Å². The smallest absolute Gasteiger partial charge is 0.280 e. The number of anilines is 3. The number of amides is 2. The molecule has 1 heterocycles. The predicted octanol–water partition coefficient (Wildman–Crippen LogP) is 0.737. The highest BCUT2D eigenvalue weighted by Gasteiger charge is 2.27. The van der Waals surface area contributed by atoms with E-state index in [2.05, 4.69) is 15.6 Å². The van der Waals surface area contributed by atoms with Crippen molar-refractivity contribution in [1.29, 1.82) is 0 Å². The van der Waals surface area contributed by atoms with Crippen molar-refractivity contribution >= 4 is 29.3 Å². The molecule has 6 N–H and O–H groups in total. The van der Waals surface area contributed by atoms with Crippen molar-refractivity contribution in [3.05, 3.63) is 40.2 Å². The number of carbonyl (C=O) groups excluding carboxylic acids is 2. The highest BCUT2D eigenvalue weighted by atomic mass is 16.5. The summed E-state index contributed by atoms with van der Waals surface area (Å²) in [5.41, 5.74) is 10.8. The molecule has 0 fully saturated rings. The first-order chi connectivity index (χ1) is 13.7. The number of nitrogens with two attached hydrogens (primary N) is 2. The van der Waals surface area contributed by atoms with Crippen LogP contribution in [0.4, 0.5) is 17.5 Å². The summed E-state index contributed by atoms with van der Waals surface area (Å²) >= 11 is 0. The van der Waals surface area contributed by atoms with Crippen LogP contribution in [0.5, 0.6) is 5.75 Å². The molecule has 0 saturated heterocycles. The number of rotatable bonds is 7. The van der Waals surface area contributed by atoms with Crippen molar-refractivity contribution in [2.45, 2.75) is 26.8 Å². The number of nitrogens with one attached hydrogen (secondary N) is 2. The second-order valence-corrected chi connectivity index (χ2v) is 6.71. The minimum Gasteiger partial charge on any atom is -0.493 e. The molecular formula is C19H26N6O4. The van der Waals surface area contributed by atoms with Crippen LogP contribution in [0.3, 0.4) is 0 Å². The van der Waals surface area contributed by atoms with Crippen molar-refractivity contribution in [2.24, 2.45) is 13.0 Å². The number of hydrogen-bond acceptors (Lipinski definition) is 7. The zero-order chi connectivity index (χ0) is 21.7. The van der Waals surface area contributed by atoms with E-state index in [9.17, 15) is 14.4 Å². The van der Waals surface area contributed by atoms with E-state index in [4.69, 9.17) is 16.2 Å². The monoisotopic (exact) mass is 402 g/mol. The van der Waals surface area contributed by atoms with Crippen LogP contribution in [0.25, 0.3) is 0 Å². The van der Waals surface area contributed by atoms with E-state index in [0.717, 1.165) is 4.57 Å². The van der Waals surface area contributed by atoms with Gasteiger partial charge in [0.15, 0.2) is 11.5 Å². The fourth-order valence-electron chi connectivity index (χ4n) is 2.64. The molecule has 1 aromatic heterocycles. The van der Waals surface area contributed by atoms with Crippen LogP contribution >= 0.6 is 0 Å². The molecule has 29 heavy (non-hydrogen) atoms. The number of hydrogen-bond donors (Lipinski definition) is 4. The average Bonchev–Trinajstić information content (AvgIpc) is 2.67. The first-order valence-electron chi connectivity index (χ1n) is 9.12. The number of carbonyl (C=O) groups is 2. The molecule has 156 valence electrons. The van der Waals surface area contributed by atoms with Crippen LogP contribution in [0, 0.1) is 5.92 Å². The SMILES string of the molecule is CCOc1ccccc1C(=O)N[C@H](C(=O)Nc1c(N)nc(N)n(C)c1=O)C(C)C. The molecule has 1 atom stereocenters. The third kappa shape index (κ3) is 4.84. The summed E-state index contributed by atoms with van der Waals surface area (Å²) in [4.78, 5) is 41.7. The van der Waals surface area contributed by atoms with Crippen molar-refractivity contribution in [1.82, 2.24) is 14.9 Å². The van der Waals surface area contributed by atoms with Gasteiger partial charge in [-0.1, -0.05) is 26.0 Å². The van der Waals surface area contributed by atoms with E-state index in [0.29, 0.717) is 17.9 Å². The lowest BCUT2D eigenvalue weighted by molar-refractivity contribution is -0.118. The Bertz CT molecular complexity index is 970. The first-order valence-corrected chi connectivity index (χ1v) is 9.12. The highest BCUT2D eigenvalue weighted by molar-refractivity contribution is 6.03. The standard InChI is InChI=1S/C19H26N6O4/c1-5-29-12-9-7-6-8-11(12)16(26)22-13(10(2)3)17(27)23-14-15(20)24-19(21)25(4)18(14)28/h6-10,13H,5,20H2,1-4H3,(H2,21,24)(H,22,26)(H,23,27)/t13-/m0/s1. The summed E-state index contributed by atoms with van der Waals surface area (Å²) in [6.07, 6.45) is 0. The molecule has 0 bridgehead atoms. The lowest BCUT2D eigenvalue weighted by Gasteiger charge is -2.22. The fourth-order valence-corrected chi connectivity index (χ4v) is 2.64. The van der Waals surface area contributed by atoms with Crippen molar-refractivity contribution in [2.75, 3.05) is 23.4 Å². The number of ether oxygens (including phenoxy) is 1. The molecule has 0 saturated carbocycles. The summed E-state index contributed by atoms with van der Waals surface area (Å²) in [5, 5.41) is 5.15. The lowest BCUT2D eigenvalue weighted by Crippen LogP contribution is -2.48. The molecule has 0 aliphatic rings. The first kappa shape index (κ1) is 21.7. The van der Waals surface area contributed by atoms with E-state index in [1.807, 2.05) is 6.92 Å². The Morgan fingerprint density at radius 2 is 1.90 bits per heavy atom. The van der Waals surface area contributed by atoms with Gasteiger partial charge in [0.1, 0.15) is 11.8 Å². The normalized spacial score (nSPS) is 11.8. The molecule has 0 spiro atoms. The van der Waals surface area contributed by atoms with Gasteiger partial charge < -0.3 is 26.8 Å². The van der Waals surface area contributed by atoms with Gasteiger partial charge in [0, 0.05) is 7.05 Å². The summed E-state index contributed by atoms with van der Waals surface area (Å²) in [6.45, 7) is 5.74. The topological polar surface area (TPSA) is 154 Å². The van der Waals surface area contributed by atoms with Gasteiger partial charge in [0.05, 0.1) is 12.2 Å². The molecular weight excluding hydrogens is 376 g/mol. The van der Waals surface area contributed by atoms with Crippen molar-refractivity contribution in [3.63, 3.8) is 0 Å². The largest absolute Gasteiger partial charge is 0.493 e. The molecule has 2 aromatic rings. The maximum absolute atomic E-state index is 12.8. The van der Waals surface area contributed by atoms with Gasteiger partial charge in [-0.3, -0.25) is 19.0 Å². The minimum absolute atomic E-state index is 0.0771. The van der Waals surface area contributed by atoms with Crippen LogP contribution in [-0.2, 0) is 11.8 Å². The van der Waals surface area contributed by atoms with Gasteiger partial charge in [-0.2, -0.15) is 4.98 Å². The number of para-hydroxylation sites is 1. The molecule has 2 rings (SSSR count). The average molecular weight is 402 g/mol. The number of benzene rings is 1. The highest BCUT2D eigenvalue weighted by Crippen LogP contribution is 2.19. The summed E-state index contributed by atoms with van der Waals surface area (Å²) in [6, 6.07) is 5.80. The van der Waals surface area contributed by atoms with Crippen molar-refractivity contribution in [3.8, 4) is 5.75 Å². The number of aromatic nitrogens is 2. The molecule has 1 aromatic carbocycles. The Morgan fingerprint density at radius 3 is 2.52 bits per heavy atom. The zero-order valence-electron chi connectivity index (χ0n) is 16.9. The van der Waals surface area contributed by atoms with E-state index < -0.39 is 23.4 Å². The van der Waals surface area contributed by atoms with Gasteiger partial charge in [-0.15, -0.1) is 0 Å². The van der Waals surface area contributed by atoms with Crippen molar-refractivity contribution < 1.29 is 14.3 Å². The molecule has 0 aliphatic carbocycles. The maximum atomic E-state index is 12.8. The fraction of sp³-hybridized carbons (Fsp3) is 0.368. The Hall–Kier alpha value is -3.56. The Kier molecular flexibility index (Phi) is 6.81. The molecule has 0 radical (unpaired) electrons. The summed E-state index contributed by atoms with van der Waals surface area (Å²) in [5.74, 6) is -1.21. The minimum atomic E-state index is -0.932. The zero-order valence-corrected chi connectivity index (χ0v) is 16.9. The van der Waals surface area contributed by atoms with Crippen LogP contribution in [-0.4, -0.2) is 34.0 Å². The van der Waals surface area contributed by atoms with Gasteiger partial charge in [0.2, 0.25) is 11.9 Å². The second kappa shape index (κ2) is 9.09. The van der Waals surface area contributed by atoms with Gasteiger partial charge >= 0.3 is 0 Å². The summed E-state index contributed by atoms with van der Waals surface area (Å²) < 4.78 is 6.53. The van der Waals surface area contributed by atoms with Crippen LogP contribution < -0.4 is 32.4 Å². The Balaban J connectivity index is 2.27. The Morgan fingerprint density at radius 1 is 1.24 bits per heavy atom. The number of nitrogen functional groups attached to an aromatic ring is 2. The third-order valence-corrected chi connectivity index (χ3v) is 4.27. The number of nitrogens with zero attached hydrogens (tertiary/aromatic N) is 2. The molecule has 0 aliphatic heterocycles. The van der Waals surface area contributed by atoms with E-state index in [-0.39, 0.29) is 23.4 Å². The van der Waals surface area contributed by atoms with Gasteiger partial charge in [0.25, 0.3) is 11.5 Å². The molecule has 10 nitrogen and oxygen atoms in total. The van der Waals surface area contributed by atoms with E-state index >= 15 is 0 Å². The quantitative estimate of drug-likeness (QED) is 0.532. The van der Waals surface area contributed by atoms with Gasteiger partial charge in [-0.25, -0.2) is 0 Å². The van der Waals surface area contributed by atoms with E-state index in [1.165, 1.54) is 7.05 Å². The Labute approximate surface area is 168 Å². The van der Waals surface area contributed by atoms with Gasteiger partial charge in [-0.05, 0) is 25.0 Å². The molecule has 10 heteroatoms. The van der Waals surface area contributed by atoms with Crippen LogP contribution in [0.15, 0.2) is 29.1 Å².